The molecule has 0 fully saturated rings. The third kappa shape index (κ3) is 3.31. The molecule has 0 aliphatic rings. The average molecular weight is 174 g/mol. The molecular weight excluding hydrogens is 160 g/mol. The molecule has 0 heterocycles. The van der Waals surface area contributed by atoms with Gasteiger partial charge in [-0.25, -0.2) is 0 Å². The van der Waals surface area contributed by atoms with Gasteiger partial charge in [-0.1, -0.05) is 30.0 Å². The Balaban J connectivity index is 2.97. The van der Waals surface area contributed by atoms with E-state index in [4.69, 9.17) is 0 Å². The molecule has 0 saturated heterocycles. The van der Waals surface area contributed by atoms with Crippen LogP contribution in [0.25, 0.3) is 0 Å². The second-order valence-electron chi connectivity index (χ2n) is 3.62. The molecule has 1 rings (SSSR count). The Morgan fingerprint density at radius 3 is 2.38 bits per heavy atom. The SMILES string of the molecule is Cc1ccccc1C#CC(C)(C)O. The molecule has 0 spiro atoms. The normalized spacial score (nSPS) is 10.5. The summed E-state index contributed by atoms with van der Waals surface area (Å²) >= 11 is 0. The van der Waals surface area contributed by atoms with Crippen molar-refractivity contribution >= 4 is 0 Å². The summed E-state index contributed by atoms with van der Waals surface area (Å²) in [7, 11) is 0. The van der Waals surface area contributed by atoms with Gasteiger partial charge in [-0.3, -0.25) is 0 Å². The van der Waals surface area contributed by atoms with E-state index in [0.29, 0.717) is 0 Å². The Bertz CT molecular complexity index is 347. The highest BCUT2D eigenvalue weighted by Crippen LogP contribution is 2.06. The third-order valence-electron chi connectivity index (χ3n) is 1.65. The Hall–Kier alpha value is -1.26. The van der Waals surface area contributed by atoms with Gasteiger partial charge in [0.15, 0.2) is 0 Å². The molecule has 1 heteroatoms. The number of aryl methyl sites for hydroxylation is 1. The van der Waals surface area contributed by atoms with E-state index in [2.05, 4.69) is 11.8 Å². The summed E-state index contributed by atoms with van der Waals surface area (Å²) in [6.45, 7) is 5.37. The molecule has 13 heavy (non-hydrogen) atoms. The van der Waals surface area contributed by atoms with E-state index >= 15 is 0 Å². The van der Waals surface area contributed by atoms with Gasteiger partial charge in [-0.15, -0.1) is 0 Å². The van der Waals surface area contributed by atoms with Crippen LogP contribution in [0.4, 0.5) is 0 Å². The fourth-order valence-corrected chi connectivity index (χ4v) is 0.933. The second-order valence-corrected chi connectivity index (χ2v) is 3.62. The third-order valence-corrected chi connectivity index (χ3v) is 1.65. The number of rotatable bonds is 0. The maximum absolute atomic E-state index is 9.40. The molecule has 0 aliphatic carbocycles. The molecular formula is C12H14O. The fraction of sp³-hybridized carbons (Fsp3) is 0.333. The first-order valence-corrected chi connectivity index (χ1v) is 4.30. The van der Waals surface area contributed by atoms with E-state index in [-0.39, 0.29) is 0 Å². The van der Waals surface area contributed by atoms with E-state index in [0.717, 1.165) is 11.1 Å². The zero-order valence-electron chi connectivity index (χ0n) is 8.26. The first-order chi connectivity index (χ1) is 5.99. The standard InChI is InChI=1S/C12H14O/c1-10-6-4-5-7-11(10)8-9-12(2,3)13/h4-7,13H,1-3H3. The summed E-state index contributed by atoms with van der Waals surface area (Å²) < 4.78 is 0. The lowest BCUT2D eigenvalue weighted by molar-refractivity contribution is 0.143. The zero-order valence-corrected chi connectivity index (χ0v) is 8.26. The number of aliphatic hydroxyl groups is 1. The van der Waals surface area contributed by atoms with Gasteiger partial charge in [-0.05, 0) is 32.4 Å². The van der Waals surface area contributed by atoms with Gasteiger partial charge >= 0.3 is 0 Å². The predicted molar refractivity (Wildman–Crippen MR) is 54.4 cm³/mol. The molecule has 0 atom stereocenters. The average Bonchev–Trinajstić information content (AvgIpc) is 2.01. The number of benzene rings is 1. The van der Waals surface area contributed by atoms with Crippen molar-refractivity contribution in [1.29, 1.82) is 0 Å². The molecule has 0 aliphatic heterocycles. The Morgan fingerprint density at radius 1 is 1.23 bits per heavy atom. The first-order valence-electron chi connectivity index (χ1n) is 4.30. The highest BCUT2D eigenvalue weighted by Gasteiger charge is 2.05. The smallest absolute Gasteiger partial charge is 0.120 e. The quantitative estimate of drug-likeness (QED) is 0.597. The Morgan fingerprint density at radius 2 is 1.85 bits per heavy atom. The van der Waals surface area contributed by atoms with Crippen LogP contribution in [0, 0.1) is 18.8 Å². The Kier molecular flexibility index (Phi) is 2.75. The van der Waals surface area contributed by atoms with Crippen LogP contribution in [-0.4, -0.2) is 10.7 Å². The van der Waals surface area contributed by atoms with Gasteiger partial charge in [0.1, 0.15) is 5.60 Å². The van der Waals surface area contributed by atoms with Gasteiger partial charge in [0, 0.05) is 5.56 Å². The highest BCUT2D eigenvalue weighted by atomic mass is 16.3. The van der Waals surface area contributed by atoms with Crippen LogP contribution in [0.2, 0.25) is 0 Å². The zero-order chi connectivity index (χ0) is 9.90. The fourth-order valence-electron chi connectivity index (χ4n) is 0.933. The van der Waals surface area contributed by atoms with Gasteiger partial charge in [0.2, 0.25) is 0 Å². The van der Waals surface area contributed by atoms with Crippen LogP contribution in [-0.2, 0) is 0 Å². The van der Waals surface area contributed by atoms with E-state index < -0.39 is 5.60 Å². The van der Waals surface area contributed by atoms with Crippen LogP contribution in [0.5, 0.6) is 0 Å². The van der Waals surface area contributed by atoms with Crippen LogP contribution < -0.4 is 0 Å². The van der Waals surface area contributed by atoms with Crippen molar-refractivity contribution in [3.05, 3.63) is 35.4 Å². The first kappa shape index (κ1) is 9.83. The minimum atomic E-state index is -0.914. The summed E-state index contributed by atoms with van der Waals surface area (Å²) in [6.07, 6.45) is 0. The predicted octanol–water partition coefficient (Wildman–Crippen LogP) is 2.12. The lowest BCUT2D eigenvalue weighted by Gasteiger charge is -2.06. The maximum Gasteiger partial charge on any atom is 0.120 e. The molecule has 1 nitrogen and oxygen atoms in total. The van der Waals surface area contributed by atoms with E-state index in [1.54, 1.807) is 13.8 Å². The minimum Gasteiger partial charge on any atom is -0.378 e. The number of hydrogen-bond donors (Lipinski definition) is 1. The van der Waals surface area contributed by atoms with Crippen LogP contribution in [0.15, 0.2) is 24.3 Å². The van der Waals surface area contributed by atoms with Crippen molar-refractivity contribution in [3.63, 3.8) is 0 Å². The molecule has 68 valence electrons. The van der Waals surface area contributed by atoms with Crippen molar-refractivity contribution in [2.75, 3.05) is 0 Å². The number of hydrogen-bond acceptors (Lipinski definition) is 1. The molecule has 0 saturated carbocycles. The molecule has 0 bridgehead atoms. The maximum atomic E-state index is 9.40. The highest BCUT2D eigenvalue weighted by molar-refractivity contribution is 5.41. The van der Waals surface area contributed by atoms with Gasteiger partial charge in [-0.2, -0.15) is 0 Å². The topological polar surface area (TPSA) is 20.2 Å². The lowest BCUT2D eigenvalue weighted by atomic mass is 10.1. The van der Waals surface area contributed by atoms with E-state index in [1.807, 2.05) is 31.2 Å². The second kappa shape index (κ2) is 3.64. The van der Waals surface area contributed by atoms with Gasteiger partial charge in [0.25, 0.3) is 0 Å². The lowest BCUT2D eigenvalue weighted by Crippen LogP contribution is -2.14. The summed E-state index contributed by atoms with van der Waals surface area (Å²) in [5.74, 6) is 5.74. The molecule has 1 N–H and O–H groups in total. The largest absolute Gasteiger partial charge is 0.378 e. The molecule has 0 amide bonds. The van der Waals surface area contributed by atoms with Crippen molar-refractivity contribution in [2.24, 2.45) is 0 Å². The molecule has 1 aromatic carbocycles. The summed E-state index contributed by atoms with van der Waals surface area (Å²) in [5, 5.41) is 9.40. The van der Waals surface area contributed by atoms with Crippen molar-refractivity contribution < 1.29 is 5.11 Å². The van der Waals surface area contributed by atoms with Crippen LogP contribution >= 0.6 is 0 Å². The van der Waals surface area contributed by atoms with E-state index in [1.165, 1.54) is 0 Å². The molecule has 0 aromatic heterocycles. The van der Waals surface area contributed by atoms with E-state index in [9.17, 15) is 5.11 Å². The monoisotopic (exact) mass is 174 g/mol. The van der Waals surface area contributed by atoms with Crippen LogP contribution in [0.1, 0.15) is 25.0 Å². The molecule has 0 unspecified atom stereocenters. The minimum absolute atomic E-state index is 0.914. The summed E-state index contributed by atoms with van der Waals surface area (Å²) in [4.78, 5) is 0. The molecule has 1 aromatic rings. The van der Waals surface area contributed by atoms with Gasteiger partial charge < -0.3 is 5.11 Å². The van der Waals surface area contributed by atoms with Gasteiger partial charge in [0.05, 0.1) is 0 Å². The summed E-state index contributed by atoms with van der Waals surface area (Å²) in [6, 6.07) is 7.88. The van der Waals surface area contributed by atoms with Crippen molar-refractivity contribution in [2.45, 2.75) is 26.4 Å². The van der Waals surface area contributed by atoms with Crippen molar-refractivity contribution in [3.8, 4) is 11.8 Å². The van der Waals surface area contributed by atoms with Crippen molar-refractivity contribution in [1.82, 2.24) is 0 Å². The van der Waals surface area contributed by atoms with Crippen LogP contribution in [0.3, 0.4) is 0 Å². The molecule has 0 radical (unpaired) electrons. The summed E-state index contributed by atoms with van der Waals surface area (Å²) in [5.41, 5.74) is 1.20. The Labute approximate surface area is 79.4 Å².